The average Bonchev–Trinajstić information content (AvgIpc) is 2.91. The predicted octanol–water partition coefficient (Wildman–Crippen LogP) is 4.25. The van der Waals surface area contributed by atoms with Gasteiger partial charge in [-0.05, 0) is 49.6 Å². The first kappa shape index (κ1) is 13.6. The molecule has 1 aliphatic heterocycles. The van der Waals surface area contributed by atoms with Gasteiger partial charge in [0, 0.05) is 23.1 Å². The molecule has 112 valence electrons. The summed E-state index contributed by atoms with van der Waals surface area (Å²) >= 11 is 0. The average molecular weight is 290 g/mol. The maximum Gasteiger partial charge on any atom is 0.0539 e. The Hall–Kier alpha value is -2.06. The van der Waals surface area contributed by atoms with Gasteiger partial charge in [-0.2, -0.15) is 0 Å². The van der Waals surface area contributed by atoms with E-state index in [4.69, 9.17) is 0 Å². The van der Waals surface area contributed by atoms with E-state index in [1.807, 2.05) is 0 Å². The van der Waals surface area contributed by atoms with Gasteiger partial charge in [0.1, 0.15) is 0 Å². The molecule has 4 rings (SSSR count). The molecule has 0 radical (unpaired) electrons. The Labute approximate surface area is 131 Å². The highest BCUT2D eigenvalue weighted by atomic mass is 15.1. The number of aromatic amines is 1. The quantitative estimate of drug-likeness (QED) is 0.747. The standard InChI is InChI=1S/C20H22N2/c1-14-7-3-4-8-15(14)13-19-20-17(11-12-22(19)2)16-9-5-6-10-18(16)21-20/h3-10,19,21H,11-13H2,1-2H3/t19-/m1/s1. The molecule has 2 aromatic carbocycles. The summed E-state index contributed by atoms with van der Waals surface area (Å²) in [6, 6.07) is 17.9. The highest BCUT2D eigenvalue weighted by Gasteiger charge is 2.28. The van der Waals surface area contributed by atoms with Gasteiger partial charge in [-0.3, -0.25) is 4.90 Å². The number of para-hydroxylation sites is 1. The molecule has 0 aliphatic carbocycles. The molecule has 1 atom stereocenters. The van der Waals surface area contributed by atoms with Crippen molar-refractivity contribution in [2.24, 2.45) is 0 Å². The van der Waals surface area contributed by atoms with Gasteiger partial charge in [0.25, 0.3) is 0 Å². The first-order valence-electron chi connectivity index (χ1n) is 8.08. The van der Waals surface area contributed by atoms with Crippen molar-refractivity contribution < 1.29 is 0 Å². The SMILES string of the molecule is Cc1ccccc1C[C@@H]1c2[nH]c3ccccc3c2CCN1C. The molecule has 2 heterocycles. The molecule has 0 saturated heterocycles. The Kier molecular flexibility index (Phi) is 3.27. The Morgan fingerprint density at radius 1 is 1.09 bits per heavy atom. The van der Waals surface area contributed by atoms with Gasteiger partial charge < -0.3 is 4.98 Å². The third kappa shape index (κ3) is 2.15. The van der Waals surface area contributed by atoms with Crippen LogP contribution in [0.15, 0.2) is 48.5 Å². The fourth-order valence-corrected chi connectivity index (χ4v) is 3.74. The summed E-state index contributed by atoms with van der Waals surface area (Å²) < 4.78 is 0. The number of nitrogens with zero attached hydrogens (tertiary/aromatic N) is 1. The lowest BCUT2D eigenvalue weighted by atomic mass is 9.92. The molecule has 0 bridgehead atoms. The molecule has 2 nitrogen and oxygen atoms in total. The number of aryl methyl sites for hydroxylation is 1. The lowest BCUT2D eigenvalue weighted by Crippen LogP contribution is -2.33. The number of H-pyrrole nitrogens is 1. The number of rotatable bonds is 2. The minimum absolute atomic E-state index is 0.442. The summed E-state index contributed by atoms with van der Waals surface area (Å²) in [4.78, 5) is 6.18. The van der Waals surface area contributed by atoms with E-state index in [0.717, 1.165) is 19.4 Å². The molecule has 1 N–H and O–H groups in total. The topological polar surface area (TPSA) is 19.0 Å². The number of aromatic nitrogens is 1. The minimum atomic E-state index is 0.442. The van der Waals surface area contributed by atoms with Crippen LogP contribution in [0, 0.1) is 6.92 Å². The van der Waals surface area contributed by atoms with Crippen LogP contribution in [-0.2, 0) is 12.8 Å². The fourth-order valence-electron chi connectivity index (χ4n) is 3.74. The minimum Gasteiger partial charge on any atom is -0.357 e. The molecule has 0 spiro atoms. The number of nitrogens with one attached hydrogen (secondary N) is 1. The van der Waals surface area contributed by atoms with Crippen LogP contribution in [0.5, 0.6) is 0 Å². The molecule has 1 aromatic heterocycles. The van der Waals surface area contributed by atoms with Crippen LogP contribution in [0.2, 0.25) is 0 Å². The predicted molar refractivity (Wildman–Crippen MR) is 92.3 cm³/mol. The second kappa shape index (κ2) is 5.29. The lowest BCUT2D eigenvalue weighted by molar-refractivity contribution is 0.226. The Morgan fingerprint density at radius 2 is 1.86 bits per heavy atom. The second-order valence-electron chi connectivity index (χ2n) is 6.44. The first-order valence-corrected chi connectivity index (χ1v) is 8.08. The van der Waals surface area contributed by atoms with Gasteiger partial charge in [-0.25, -0.2) is 0 Å². The van der Waals surface area contributed by atoms with Gasteiger partial charge in [0.15, 0.2) is 0 Å². The normalized spacial score (nSPS) is 18.5. The first-order chi connectivity index (χ1) is 10.7. The molecular weight excluding hydrogens is 268 g/mol. The number of benzene rings is 2. The van der Waals surface area contributed by atoms with Crippen molar-refractivity contribution in [3.63, 3.8) is 0 Å². The Bertz CT molecular complexity index is 815. The highest BCUT2D eigenvalue weighted by molar-refractivity contribution is 5.85. The van der Waals surface area contributed by atoms with Crippen LogP contribution in [0.4, 0.5) is 0 Å². The third-order valence-electron chi connectivity index (χ3n) is 5.10. The summed E-state index contributed by atoms with van der Waals surface area (Å²) in [6.45, 7) is 3.34. The van der Waals surface area contributed by atoms with Crippen LogP contribution in [0.3, 0.4) is 0 Å². The maximum atomic E-state index is 3.69. The van der Waals surface area contributed by atoms with Crippen molar-refractivity contribution >= 4 is 10.9 Å². The van der Waals surface area contributed by atoms with Crippen LogP contribution < -0.4 is 0 Å². The van der Waals surface area contributed by atoms with Gasteiger partial charge in [-0.15, -0.1) is 0 Å². The number of fused-ring (bicyclic) bond motifs is 3. The van der Waals surface area contributed by atoms with Crippen LogP contribution in [0.1, 0.15) is 28.4 Å². The highest BCUT2D eigenvalue weighted by Crippen LogP contribution is 2.35. The van der Waals surface area contributed by atoms with Gasteiger partial charge in [-0.1, -0.05) is 42.5 Å². The fraction of sp³-hybridized carbons (Fsp3) is 0.300. The number of likely N-dealkylation sites (N-methyl/N-ethyl adjacent to an activating group) is 1. The van der Waals surface area contributed by atoms with Crippen molar-refractivity contribution in [3.8, 4) is 0 Å². The number of hydrogen-bond donors (Lipinski definition) is 1. The Balaban J connectivity index is 1.79. The summed E-state index contributed by atoms with van der Waals surface area (Å²) in [5.41, 5.74) is 7.05. The molecule has 22 heavy (non-hydrogen) atoms. The maximum absolute atomic E-state index is 3.69. The molecule has 0 unspecified atom stereocenters. The van der Waals surface area contributed by atoms with E-state index >= 15 is 0 Å². The van der Waals surface area contributed by atoms with Crippen LogP contribution >= 0.6 is 0 Å². The zero-order valence-electron chi connectivity index (χ0n) is 13.3. The monoisotopic (exact) mass is 290 g/mol. The van der Waals surface area contributed by atoms with E-state index in [2.05, 4.69) is 72.4 Å². The van der Waals surface area contributed by atoms with Gasteiger partial charge in [0.05, 0.1) is 6.04 Å². The van der Waals surface area contributed by atoms with E-state index in [1.165, 1.54) is 33.3 Å². The largest absolute Gasteiger partial charge is 0.357 e. The van der Waals surface area contributed by atoms with Gasteiger partial charge in [0.2, 0.25) is 0 Å². The van der Waals surface area contributed by atoms with Crippen molar-refractivity contribution in [2.75, 3.05) is 13.6 Å². The second-order valence-corrected chi connectivity index (χ2v) is 6.44. The van der Waals surface area contributed by atoms with E-state index in [9.17, 15) is 0 Å². The van der Waals surface area contributed by atoms with E-state index < -0.39 is 0 Å². The Morgan fingerprint density at radius 3 is 2.73 bits per heavy atom. The summed E-state index contributed by atoms with van der Waals surface area (Å²) in [5.74, 6) is 0. The summed E-state index contributed by atoms with van der Waals surface area (Å²) in [7, 11) is 2.25. The van der Waals surface area contributed by atoms with E-state index in [-0.39, 0.29) is 0 Å². The number of hydrogen-bond acceptors (Lipinski definition) is 1. The molecule has 0 fully saturated rings. The van der Waals surface area contributed by atoms with Crippen molar-refractivity contribution in [3.05, 3.63) is 70.9 Å². The lowest BCUT2D eigenvalue weighted by Gasteiger charge is -2.33. The molecule has 3 aromatic rings. The van der Waals surface area contributed by atoms with Gasteiger partial charge >= 0.3 is 0 Å². The van der Waals surface area contributed by atoms with Crippen molar-refractivity contribution in [1.82, 2.24) is 9.88 Å². The summed E-state index contributed by atoms with van der Waals surface area (Å²) in [5, 5.41) is 1.40. The van der Waals surface area contributed by atoms with E-state index in [0.29, 0.717) is 6.04 Å². The molecule has 0 saturated carbocycles. The van der Waals surface area contributed by atoms with Crippen LogP contribution in [0.25, 0.3) is 10.9 Å². The molecule has 2 heteroatoms. The molecular formula is C20H22N2. The zero-order chi connectivity index (χ0) is 15.1. The van der Waals surface area contributed by atoms with Crippen molar-refractivity contribution in [1.29, 1.82) is 0 Å². The van der Waals surface area contributed by atoms with Crippen LogP contribution in [-0.4, -0.2) is 23.5 Å². The van der Waals surface area contributed by atoms with E-state index in [1.54, 1.807) is 0 Å². The molecule has 0 amide bonds. The smallest absolute Gasteiger partial charge is 0.0539 e. The summed E-state index contributed by atoms with van der Waals surface area (Å²) in [6.07, 6.45) is 2.21. The zero-order valence-corrected chi connectivity index (χ0v) is 13.3. The van der Waals surface area contributed by atoms with Crippen molar-refractivity contribution in [2.45, 2.75) is 25.8 Å². The third-order valence-corrected chi connectivity index (χ3v) is 5.10. The molecule has 1 aliphatic rings.